The molecule has 144 valence electrons. The van der Waals surface area contributed by atoms with E-state index in [4.69, 9.17) is 9.47 Å². The average Bonchev–Trinajstić information content (AvgIpc) is 2.41. The highest BCUT2D eigenvalue weighted by Crippen LogP contribution is 2.20. The molecule has 0 fully saturated rings. The number of carbonyl (C=O) groups excluding carboxylic acids is 2. The number of benzene rings is 1. The van der Waals surface area contributed by atoms with Gasteiger partial charge in [0.1, 0.15) is 5.60 Å². The van der Waals surface area contributed by atoms with Crippen LogP contribution in [-0.4, -0.2) is 32.2 Å². The molecule has 0 aliphatic carbocycles. The first-order valence-electron chi connectivity index (χ1n) is 8.98. The molecule has 1 aromatic rings. The van der Waals surface area contributed by atoms with Crippen molar-refractivity contribution in [3.8, 4) is 0 Å². The highest BCUT2D eigenvalue weighted by molar-refractivity contribution is 6.76. The second-order valence-electron chi connectivity index (χ2n) is 8.84. The predicted molar refractivity (Wildman–Crippen MR) is 109 cm³/mol. The van der Waals surface area contributed by atoms with Crippen LogP contribution >= 0.6 is 0 Å². The number of aryl methyl sites for hydroxylation is 2. The molecular formula is C21H32O4Si. The molecule has 0 amide bonds. The maximum Gasteiger partial charge on any atom is 0.338 e. The molecule has 0 aromatic heterocycles. The van der Waals surface area contributed by atoms with Crippen LogP contribution in [0.4, 0.5) is 0 Å². The van der Waals surface area contributed by atoms with Gasteiger partial charge in [-0.1, -0.05) is 31.8 Å². The number of ether oxygens (including phenoxy) is 2. The third-order valence-corrected chi connectivity index (χ3v) is 5.37. The van der Waals surface area contributed by atoms with Crippen LogP contribution < -0.4 is 0 Å². The van der Waals surface area contributed by atoms with Crippen molar-refractivity contribution in [3.05, 3.63) is 40.5 Å². The molecule has 1 rings (SSSR count). The Balaban J connectivity index is 2.85. The summed E-state index contributed by atoms with van der Waals surface area (Å²) in [5.41, 5.74) is 2.62. The number of hydrogen-bond acceptors (Lipinski definition) is 4. The van der Waals surface area contributed by atoms with Crippen LogP contribution in [-0.2, 0) is 14.3 Å². The topological polar surface area (TPSA) is 52.6 Å². The lowest BCUT2D eigenvalue weighted by Crippen LogP contribution is -2.23. The summed E-state index contributed by atoms with van der Waals surface area (Å²) in [6.45, 7) is 16.5. The quantitative estimate of drug-likeness (QED) is 0.391. The standard InChI is InChI=1S/C21H32O4Si/c1-15-13-17(9-10-18(22)25-21(3,4)5)14-16(2)19(15)20(23)24-11-12-26(6,7)8/h9-10,13-14H,11-12H2,1-8H3/b10-9+. The fourth-order valence-corrected chi connectivity index (χ4v) is 3.15. The smallest absolute Gasteiger partial charge is 0.338 e. The molecule has 0 bridgehead atoms. The third-order valence-electron chi connectivity index (χ3n) is 3.66. The molecule has 4 nitrogen and oxygen atoms in total. The van der Waals surface area contributed by atoms with Crippen LogP contribution in [0.2, 0.25) is 25.7 Å². The van der Waals surface area contributed by atoms with Crippen molar-refractivity contribution in [1.29, 1.82) is 0 Å². The lowest BCUT2D eigenvalue weighted by molar-refractivity contribution is -0.148. The van der Waals surface area contributed by atoms with Gasteiger partial charge in [0.15, 0.2) is 0 Å². The van der Waals surface area contributed by atoms with E-state index in [0.717, 1.165) is 22.7 Å². The lowest BCUT2D eigenvalue weighted by atomic mass is 9.99. The molecule has 0 spiro atoms. The molecule has 26 heavy (non-hydrogen) atoms. The molecule has 0 radical (unpaired) electrons. The fourth-order valence-electron chi connectivity index (χ4n) is 2.44. The van der Waals surface area contributed by atoms with Gasteiger partial charge >= 0.3 is 11.9 Å². The first-order chi connectivity index (χ1) is 11.8. The minimum Gasteiger partial charge on any atom is -0.462 e. The Morgan fingerprint density at radius 2 is 1.62 bits per heavy atom. The van der Waals surface area contributed by atoms with E-state index in [9.17, 15) is 9.59 Å². The highest BCUT2D eigenvalue weighted by Gasteiger charge is 2.18. The normalized spacial score (nSPS) is 12.3. The van der Waals surface area contributed by atoms with Crippen molar-refractivity contribution in [1.82, 2.24) is 0 Å². The average molecular weight is 377 g/mol. The molecule has 0 aliphatic heterocycles. The maximum atomic E-state index is 12.4. The Bertz CT molecular complexity index is 668. The summed E-state index contributed by atoms with van der Waals surface area (Å²) >= 11 is 0. The number of hydrogen-bond donors (Lipinski definition) is 0. The minimum atomic E-state index is -1.23. The summed E-state index contributed by atoms with van der Waals surface area (Å²) in [5.74, 6) is -0.663. The van der Waals surface area contributed by atoms with E-state index in [1.54, 1.807) is 6.08 Å². The van der Waals surface area contributed by atoms with Crippen LogP contribution in [0.5, 0.6) is 0 Å². The summed E-state index contributed by atoms with van der Waals surface area (Å²) in [4.78, 5) is 24.2. The first kappa shape index (κ1) is 22.2. The zero-order valence-corrected chi connectivity index (χ0v) is 18.4. The molecule has 0 saturated heterocycles. The largest absolute Gasteiger partial charge is 0.462 e. The second kappa shape index (κ2) is 8.67. The molecule has 0 saturated carbocycles. The van der Waals surface area contributed by atoms with Gasteiger partial charge in [-0.25, -0.2) is 9.59 Å². The zero-order valence-electron chi connectivity index (χ0n) is 17.4. The van der Waals surface area contributed by atoms with E-state index in [1.807, 2.05) is 46.8 Å². The highest BCUT2D eigenvalue weighted by atomic mass is 28.3. The van der Waals surface area contributed by atoms with Crippen molar-refractivity contribution < 1.29 is 19.1 Å². The van der Waals surface area contributed by atoms with Gasteiger partial charge in [-0.2, -0.15) is 0 Å². The van der Waals surface area contributed by atoms with Gasteiger partial charge in [0, 0.05) is 14.1 Å². The van der Waals surface area contributed by atoms with Gasteiger partial charge in [-0.15, -0.1) is 0 Å². The summed E-state index contributed by atoms with van der Waals surface area (Å²) in [5, 5.41) is 0. The lowest BCUT2D eigenvalue weighted by Gasteiger charge is -2.18. The van der Waals surface area contributed by atoms with Gasteiger partial charge < -0.3 is 9.47 Å². The molecule has 5 heteroatoms. The van der Waals surface area contributed by atoms with Crippen molar-refractivity contribution in [2.24, 2.45) is 0 Å². The maximum absolute atomic E-state index is 12.4. The van der Waals surface area contributed by atoms with Gasteiger partial charge in [-0.05, 0) is 63.4 Å². The molecule has 0 N–H and O–H groups in total. The molecule has 0 heterocycles. The van der Waals surface area contributed by atoms with Crippen LogP contribution in [0.15, 0.2) is 18.2 Å². The SMILES string of the molecule is Cc1cc(/C=C/C(=O)OC(C)(C)C)cc(C)c1C(=O)OCC[Si](C)(C)C. The Kier molecular flexibility index (Phi) is 7.39. The predicted octanol–water partition coefficient (Wildman–Crippen LogP) is 5.15. The van der Waals surface area contributed by atoms with Crippen LogP contribution in [0, 0.1) is 13.8 Å². The van der Waals surface area contributed by atoms with E-state index >= 15 is 0 Å². The van der Waals surface area contributed by atoms with Crippen LogP contribution in [0.1, 0.15) is 47.8 Å². The molecule has 0 unspecified atom stereocenters. The fraction of sp³-hybridized carbons (Fsp3) is 0.524. The summed E-state index contributed by atoms with van der Waals surface area (Å²) in [7, 11) is -1.23. The van der Waals surface area contributed by atoms with E-state index in [2.05, 4.69) is 19.6 Å². The van der Waals surface area contributed by atoms with E-state index in [-0.39, 0.29) is 11.9 Å². The Labute approximate surface area is 158 Å². The van der Waals surface area contributed by atoms with Gasteiger partial charge in [0.05, 0.1) is 12.2 Å². The number of rotatable bonds is 6. The molecule has 0 aliphatic rings. The summed E-state index contributed by atoms with van der Waals surface area (Å²) < 4.78 is 10.7. The van der Waals surface area contributed by atoms with Gasteiger partial charge in [0.25, 0.3) is 0 Å². The minimum absolute atomic E-state index is 0.277. The van der Waals surface area contributed by atoms with Crippen molar-refractivity contribution in [2.75, 3.05) is 6.61 Å². The van der Waals surface area contributed by atoms with Crippen LogP contribution in [0.3, 0.4) is 0 Å². The molecule has 0 atom stereocenters. The second-order valence-corrected chi connectivity index (χ2v) is 14.5. The van der Waals surface area contributed by atoms with Crippen molar-refractivity contribution in [2.45, 2.75) is 65.9 Å². The first-order valence-corrected chi connectivity index (χ1v) is 12.7. The number of esters is 2. The van der Waals surface area contributed by atoms with Crippen molar-refractivity contribution in [3.63, 3.8) is 0 Å². The van der Waals surface area contributed by atoms with E-state index < -0.39 is 13.7 Å². The summed E-state index contributed by atoms with van der Waals surface area (Å²) in [6.07, 6.45) is 3.11. The van der Waals surface area contributed by atoms with Crippen LogP contribution in [0.25, 0.3) is 6.08 Å². The van der Waals surface area contributed by atoms with E-state index in [1.165, 1.54) is 6.08 Å². The molecule has 1 aromatic carbocycles. The Morgan fingerprint density at radius 3 is 2.08 bits per heavy atom. The Hall–Kier alpha value is -1.88. The van der Waals surface area contributed by atoms with Gasteiger partial charge in [0.2, 0.25) is 0 Å². The van der Waals surface area contributed by atoms with Gasteiger partial charge in [-0.3, -0.25) is 0 Å². The monoisotopic (exact) mass is 376 g/mol. The molecular weight excluding hydrogens is 344 g/mol. The zero-order chi connectivity index (χ0) is 20.1. The van der Waals surface area contributed by atoms with E-state index in [0.29, 0.717) is 12.2 Å². The summed E-state index contributed by atoms with van der Waals surface area (Å²) in [6, 6.07) is 4.71. The van der Waals surface area contributed by atoms with Crippen molar-refractivity contribution >= 4 is 26.1 Å². The third kappa shape index (κ3) is 8.00. The Morgan fingerprint density at radius 1 is 1.08 bits per heavy atom. The number of carbonyl (C=O) groups is 2.